The zero-order chi connectivity index (χ0) is 24.1. The van der Waals surface area contributed by atoms with Crippen LogP contribution in [-0.2, 0) is 4.79 Å². The number of rotatable bonds is 6. The Kier molecular flexibility index (Phi) is 7.41. The predicted octanol–water partition coefficient (Wildman–Crippen LogP) is 6.22. The molecule has 2 atom stereocenters. The first-order valence-corrected chi connectivity index (χ1v) is 12.7. The zero-order valence-electron chi connectivity index (χ0n) is 18.8. The van der Waals surface area contributed by atoms with Crippen molar-refractivity contribution in [2.75, 3.05) is 11.1 Å². The van der Waals surface area contributed by atoms with Crippen LogP contribution in [0.4, 0.5) is 5.69 Å². The Hall–Kier alpha value is -3.47. The number of thioether (sulfide) groups is 1. The van der Waals surface area contributed by atoms with Gasteiger partial charge in [-0.15, -0.1) is 23.1 Å². The molecule has 0 aliphatic carbocycles. The summed E-state index contributed by atoms with van der Waals surface area (Å²) in [6, 6.07) is 22.9. The first kappa shape index (κ1) is 23.7. The summed E-state index contributed by atoms with van der Waals surface area (Å²) in [4.78, 5) is 31.6. The Bertz CT molecular complexity index is 1290. The van der Waals surface area contributed by atoms with E-state index in [9.17, 15) is 14.9 Å². The molecule has 1 aliphatic heterocycles. The topological polar surface area (TPSA) is 82.3 Å². The van der Waals surface area contributed by atoms with Crippen LogP contribution >= 0.6 is 23.1 Å². The number of nitrogens with one attached hydrogen (secondary N) is 1. The van der Waals surface area contributed by atoms with Gasteiger partial charge in [-0.1, -0.05) is 54.1 Å². The second kappa shape index (κ2) is 10.6. The lowest BCUT2D eigenvalue weighted by molar-refractivity contribution is -0.113. The molecule has 0 spiro atoms. The largest absolute Gasteiger partial charge is 0.322 e. The van der Waals surface area contributed by atoms with Crippen molar-refractivity contribution < 1.29 is 9.59 Å². The SMILES string of the molecule is CC1=C(C(=O)Nc2ccccc2)[C@H](c2cccs2)C(C#N)C(SCC(=O)c2ccc(C)cc2)=N1. The monoisotopic (exact) mass is 485 g/mol. The highest BCUT2D eigenvalue weighted by Crippen LogP contribution is 2.43. The average Bonchev–Trinajstić information content (AvgIpc) is 3.37. The van der Waals surface area contributed by atoms with Crippen molar-refractivity contribution in [2.45, 2.75) is 19.8 Å². The summed E-state index contributed by atoms with van der Waals surface area (Å²) in [7, 11) is 0. The number of ketones is 1. The Labute approximate surface area is 207 Å². The molecule has 0 saturated heterocycles. The number of benzene rings is 2. The van der Waals surface area contributed by atoms with Crippen molar-refractivity contribution in [1.29, 1.82) is 5.26 Å². The van der Waals surface area contributed by atoms with Gasteiger partial charge in [0.1, 0.15) is 5.92 Å². The molecule has 2 aromatic carbocycles. The number of thiophene rings is 1. The van der Waals surface area contributed by atoms with Crippen LogP contribution < -0.4 is 5.32 Å². The van der Waals surface area contributed by atoms with Crippen LogP contribution in [0.25, 0.3) is 0 Å². The minimum atomic E-state index is -0.658. The van der Waals surface area contributed by atoms with E-state index in [1.165, 1.54) is 23.1 Å². The number of nitriles is 1. The summed E-state index contributed by atoms with van der Waals surface area (Å²) < 4.78 is 0. The number of nitrogens with zero attached hydrogens (tertiary/aromatic N) is 2. The summed E-state index contributed by atoms with van der Waals surface area (Å²) in [5.74, 6) is -1.23. The maximum Gasteiger partial charge on any atom is 0.254 e. The summed E-state index contributed by atoms with van der Waals surface area (Å²) in [6.45, 7) is 3.76. The number of carbonyl (C=O) groups is 2. The average molecular weight is 486 g/mol. The molecule has 1 aliphatic rings. The van der Waals surface area contributed by atoms with Gasteiger partial charge in [0.25, 0.3) is 5.91 Å². The number of carbonyl (C=O) groups excluding carboxylic acids is 2. The van der Waals surface area contributed by atoms with Crippen molar-refractivity contribution in [3.05, 3.63) is 99.4 Å². The predicted molar refractivity (Wildman–Crippen MR) is 139 cm³/mol. The van der Waals surface area contributed by atoms with Crippen molar-refractivity contribution in [1.82, 2.24) is 0 Å². The van der Waals surface area contributed by atoms with Crippen LogP contribution in [0.15, 0.2) is 88.4 Å². The van der Waals surface area contributed by atoms with E-state index in [-0.39, 0.29) is 17.4 Å². The van der Waals surface area contributed by atoms with Crippen LogP contribution in [0.2, 0.25) is 0 Å². The molecule has 34 heavy (non-hydrogen) atoms. The number of Topliss-reactive ketones (excluding diaryl/α,β-unsaturated/α-hetero) is 1. The van der Waals surface area contributed by atoms with Gasteiger partial charge in [-0.3, -0.25) is 9.59 Å². The van der Waals surface area contributed by atoms with E-state index in [2.05, 4.69) is 16.4 Å². The Morgan fingerprint density at radius 1 is 1.06 bits per heavy atom. The Balaban J connectivity index is 1.64. The Morgan fingerprint density at radius 2 is 1.79 bits per heavy atom. The molecule has 0 fully saturated rings. The molecule has 7 heteroatoms. The summed E-state index contributed by atoms with van der Waals surface area (Å²) >= 11 is 2.78. The molecule has 170 valence electrons. The second-order valence-electron chi connectivity index (χ2n) is 7.95. The molecule has 0 saturated carbocycles. The van der Waals surface area contributed by atoms with E-state index in [1.807, 2.05) is 79.0 Å². The molecule has 3 aromatic rings. The van der Waals surface area contributed by atoms with Gasteiger partial charge >= 0.3 is 0 Å². The molecular formula is C27H23N3O2S2. The molecule has 2 heterocycles. The van der Waals surface area contributed by atoms with Gasteiger partial charge in [0.15, 0.2) is 5.78 Å². The number of aliphatic imine (C=N–C) groups is 1. The van der Waals surface area contributed by atoms with E-state index >= 15 is 0 Å². The summed E-state index contributed by atoms with van der Waals surface area (Å²) in [5, 5.41) is 15.6. The number of amides is 1. The minimum absolute atomic E-state index is 0.0219. The van der Waals surface area contributed by atoms with Crippen LogP contribution in [-0.4, -0.2) is 22.5 Å². The van der Waals surface area contributed by atoms with E-state index < -0.39 is 11.8 Å². The number of anilines is 1. The third-order valence-electron chi connectivity index (χ3n) is 5.57. The standard InChI is InChI=1S/C27H23N3O2S2/c1-17-10-12-19(13-11-17)22(31)16-34-27-21(15-28)25(23-9-6-14-33-23)24(18(2)29-27)26(32)30-20-7-4-3-5-8-20/h3-14,21,25H,16H2,1-2H3,(H,30,32)/t21?,25-/m0/s1. The first-order chi connectivity index (χ1) is 16.5. The van der Waals surface area contributed by atoms with Crippen LogP contribution in [0.5, 0.6) is 0 Å². The molecule has 1 aromatic heterocycles. The van der Waals surface area contributed by atoms with Crippen LogP contribution in [0.1, 0.15) is 33.6 Å². The normalized spacial score (nSPS) is 17.6. The summed E-state index contributed by atoms with van der Waals surface area (Å²) in [5.41, 5.74) is 3.44. The molecule has 0 bridgehead atoms. The fourth-order valence-electron chi connectivity index (χ4n) is 3.84. The van der Waals surface area contributed by atoms with Gasteiger partial charge in [-0.25, -0.2) is 4.99 Å². The third kappa shape index (κ3) is 5.19. The molecule has 1 amide bonds. The van der Waals surface area contributed by atoms with Gasteiger partial charge in [0.05, 0.1) is 16.9 Å². The van der Waals surface area contributed by atoms with E-state index in [4.69, 9.17) is 0 Å². The molecular weight excluding hydrogens is 462 g/mol. The lowest BCUT2D eigenvalue weighted by Crippen LogP contribution is -2.31. The maximum absolute atomic E-state index is 13.3. The lowest BCUT2D eigenvalue weighted by Gasteiger charge is -2.29. The number of hydrogen-bond donors (Lipinski definition) is 1. The van der Waals surface area contributed by atoms with Crippen LogP contribution in [0.3, 0.4) is 0 Å². The lowest BCUT2D eigenvalue weighted by atomic mass is 9.82. The first-order valence-electron chi connectivity index (χ1n) is 10.8. The summed E-state index contributed by atoms with van der Waals surface area (Å²) in [6.07, 6.45) is 0. The Morgan fingerprint density at radius 3 is 2.44 bits per heavy atom. The van der Waals surface area contributed by atoms with Crippen molar-refractivity contribution in [2.24, 2.45) is 10.9 Å². The second-order valence-corrected chi connectivity index (χ2v) is 9.92. The van der Waals surface area contributed by atoms with E-state index in [0.29, 0.717) is 27.6 Å². The smallest absolute Gasteiger partial charge is 0.254 e. The van der Waals surface area contributed by atoms with Crippen molar-refractivity contribution >= 4 is 45.5 Å². The zero-order valence-corrected chi connectivity index (χ0v) is 20.5. The molecule has 4 rings (SSSR count). The van der Waals surface area contributed by atoms with Gasteiger partial charge in [0, 0.05) is 33.3 Å². The van der Waals surface area contributed by atoms with Gasteiger partial charge in [-0.05, 0) is 37.4 Å². The molecule has 0 radical (unpaired) electrons. The fourth-order valence-corrected chi connectivity index (χ4v) is 5.73. The molecule has 1 unspecified atom stereocenters. The van der Waals surface area contributed by atoms with Gasteiger partial charge in [0.2, 0.25) is 0 Å². The maximum atomic E-state index is 13.3. The number of aryl methyl sites for hydroxylation is 1. The van der Waals surface area contributed by atoms with Crippen molar-refractivity contribution in [3.8, 4) is 6.07 Å². The van der Waals surface area contributed by atoms with Crippen LogP contribution in [0, 0.1) is 24.2 Å². The molecule has 1 N–H and O–H groups in total. The molecule has 5 nitrogen and oxygen atoms in total. The van der Waals surface area contributed by atoms with Crippen molar-refractivity contribution in [3.63, 3.8) is 0 Å². The van der Waals surface area contributed by atoms with Gasteiger partial charge in [-0.2, -0.15) is 5.26 Å². The highest BCUT2D eigenvalue weighted by molar-refractivity contribution is 8.14. The quantitative estimate of drug-likeness (QED) is 0.420. The minimum Gasteiger partial charge on any atom is -0.322 e. The van der Waals surface area contributed by atoms with E-state index in [0.717, 1.165) is 10.4 Å². The fraction of sp³-hybridized carbons (Fsp3) is 0.185. The number of allylic oxidation sites excluding steroid dienone is 1. The number of para-hydroxylation sites is 1. The highest BCUT2D eigenvalue weighted by Gasteiger charge is 2.39. The van der Waals surface area contributed by atoms with E-state index in [1.54, 1.807) is 6.92 Å². The highest BCUT2D eigenvalue weighted by atomic mass is 32.2. The number of hydrogen-bond acceptors (Lipinski definition) is 6. The third-order valence-corrected chi connectivity index (χ3v) is 7.57. The van der Waals surface area contributed by atoms with Gasteiger partial charge < -0.3 is 5.32 Å².